The summed E-state index contributed by atoms with van der Waals surface area (Å²) in [4.78, 5) is 27.6. The molecule has 0 bridgehead atoms. The van der Waals surface area contributed by atoms with Crippen LogP contribution in [-0.2, 0) is 9.53 Å². The van der Waals surface area contributed by atoms with Crippen molar-refractivity contribution in [2.75, 3.05) is 39.2 Å². The minimum atomic E-state index is -0.570. The number of carbonyl (C=O) groups excluding carboxylic acids is 2. The fourth-order valence-corrected chi connectivity index (χ4v) is 3.71. The number of piperidine rings is 1. The van der Waals surface area contributed by atoms with E-state index in [2.05, 4.69) is 5.32 Å². The smallest absolute Gasteiger partial charge is 0.256 e. The van der Waals surface area contributed by atoms with Crippen molar-refractivity contribution in [1.29, 1.82) is 0 Å². The van der Waals surface area contributed by atoms with Crippen LogP contribution in [0.1, 0.15) is 42.5 Å². The molecule has 0 aliphatic carbocycles. The first-order chi connectivity index (χ1) is 13.6. The van der Waals surface area contributed by atoms with Crippen molar-refractivity contribution >= 4 is 17.5 Å². The van der Waals surface area contributed by atoms with Gasteiger partial charge in [0.05, 0.1) is 31.6 Å². The highest BCUT2D eigenvalue weighted by atomic mass is 16.5. The lowest BCUT2D eigenvalue weighted by atomic mass is 10.1. The normalized spacial score (nSPS) is 22.0. The molecule has 1 aromatic carbocycles. The second-order valence-corrected chi connectivity index (χ2v) is 7.15. The zero-order valence-corrected chi connectivity index (χ0v) is 16.5. The molecule has 0 aromatic heterocycles. The molecule has 0 radical (unpaired) electrons. The van der Waals surface area contributed by atoms with Crippen LogP contribution in [0.3, 0.4) is 0 Å². The molecule has 1 aromatic rings. The van der Waals surface area contributed by atoms with E-state index in [4.69, 9.17) is 19.9 Å². The number of nitrogens with zero attached hydrogens (tertiary/aromatic N) is 1. The van der Waals surface area contributed by atoms with Crippen molar-refractivity contribution in [3.05, 3.63) is 17.7 Å². The van der Waals surface area contributed by atoms with Gasteiger partial charge in [-0.3, -0.25) is 9.59 Å². The second kappa shape index (κ2) is 9.25. The Balaban J connectivity index is 1.87. The molecule has 2 atom stereocenters. The van der Waals surface area contributed by atoms with E-state index in [1.807, 2.05) is 4.90 Å². The first-order valence-electron chi connectivity index (χ1n) is 9.79. The monoisotopic (exact) mass is 391 g/mol. The molecule has 2 amide bonds. The maximum absolute atomic E-state index is 13.1. The number of hydrogen-bond acceptors (Lipinski definition) is 6. The number of likely N-dealkylation sites (tertiary alicyclic amines) is 1. The topological polar surface area (TPSA) is 103 Å². The molecule has 3 N–H and O–H groups in total. The average Bonchev–Trinajstić information content (AvgIpc) is 3.23. The highest BCUT2D eigenvalue weighted by Gasteiger charge is 2.31. The molecule has 2 saturated heterocycles. The maximum atomic E-state index is 13.1. The predicted molar refractivity (Wildman–Crippen MR) is 105 cm³/mol. The van der Waals surface area contributed by atoms with E-state index in [9.17, 15) is 9.59 Å². The van der Waals surface area contributed by atoms with Gasteiger partial charge < -0.3 is 30.2 Å². The van der Waals surface area contributed by atoms with Crippen LogP contribution in [0.15, 0.2) is 12.1 Å². The molecule has 2 heterocycles. The summed E-state index contributed by atoms with van der Waals surface area (Å²) in [7, 11) is 3.03. The molecular formula is C20H29N3O5. The predicted octanol–water partition coefficient (Wildman–Crippen LogP) is 1.77. The number of hydrogen-bond donors (Lipinski definition) is 2. The van der Waals surface area contributed by atoms with Crippen molar-refractivity contribution in [3.63, 3.8) is 0 Å². The Morgan fingerprint density at radius 2 is 1.82 bits per heavy atom. The Hall–Kier alpha value is -2.32. The van der Waals surface area contributed by atoms with Gasteiger partial charge in [-0.2, -0.15) is 0 Å². The number of nitrogens with two attached hydrogens (primary N) is 1. The van der Waals surface area contributed by atoms with Crippen molar-refractivity contribution < 1.29 is 23.8 Å². The van der Waals surface area contributed by atoms with Crippen molar-refractivity contribution in [1.82, 2.24) is 4.90 Å². The summed E-state index contributed by atoms with van der Waals surface area (Å²) in [5, 5.41) is 2.86. The van der Waals surface area contributed by atoms with Gasteiger partial charge in [0.15, 0.2) is 11.5 Å². The molecule has 0 unspecified atom stereocenters. The number of methoxy groups -OCH3 is 2. The summed E-state index contributed by atoms with van der Waals surface area (Å²) < 4.78 is 16.4. The van der Waals surface area contributed by atoms with E-state index in [0.29, 0.717) is 48.8 Å². The maximum Gasteiger partial charge on any atom is 0.256 e. The Kier molecular flexibility index (Phi) is 6.74. The number of benzene rings is 1. The first-order valence-corrected chi connectivity index (χ1v) is 9.79. The third-order valence-corrected chi connectivity index (χ3v) is 5.32. The van der Waals surface area contributed by atoms with E-state index < -0.39 is 6.10 Å². The summed E-state index contributed by atoms with van der Waals surface area (Å²) in [5.41, 5.74) is 6.42. The minimum absolute atomic E-state index is 0.101. The van der Waals surface area contributed by atoms with E-state index in [-0.39, 0.29) is 17.9 Å². The molecule has 2 fully saturated rings. The van der Waals surface area contributed by atoms with E-state index >= 15 is 0 Å². The summed E-state index contributed by atoms with van der Waals surface area (Å²) in [6, 6.07) is 3.26. The average molecular weight is 391 g/mol. The Morgan fingerprint density at radius 1 is 1.14 bits per heavy atom. The van der Waals surface area contributed by atoms with Crippen molar-refractivity contribution in [2.45, 2.75) is 44.3 Å². The molecule has 8 nitrogen and oxygen atoms in total. The van der Waals surface area contributed by atoms with Gasteiger partial charge in [0.1, 0.15) is 6.10 Å². The van der Waals surface area contributed by atoms with Gasteiger partial charge in [-0.1, -0.05) is 0 Å². The molecule has 28 heavy (non-hydrogen) atoms. The Morgan fingerprint density at radius 3 is 2.43 bits per heavy atom. The Bertz CT molecular complexity index is 718. The number of rotatable bonds is 6. The zero-order valence-electron chi connectivity index (χ0n) is 16.5. The summed E-state index contributed by atoms with van der Waals surface area (Å²) >= 11 is 0. The van der Waals surface area contributed by atoms with Crippen molar-refractivity contribution in [3.8, 4) is 11.5 Å². The van der Waals surface area contributed by atoms with Crippen LogP contribution in [-0.4, -0.2) is 62.8 Å². The van der Waals surface area contributed by atoms with Crippen LogP contribution in [0, 0.1) is 0 Å². The van der Waals surface area contributed by atoms with Crippen LogP contribution < -0.4 is 20.5 Å². The highest BCUT2D eigenvalue weighted by molar-refractivity contribution is 6.05. The van der Waals surface area contributed by atoms with Gasteiger partial charge in [0.25, 0.3) is 11.8 Å². The van der Waals surface area contributed by atoms with Gasteiger partial charge in [0, 0.05) is 25.7 Å². The molecule has 8 heteroatoms. The summed E-state index contributed by atoms with van der Waals surface area (Å²) in [6.45, 7) is 1.81. The van der Waals surface area contributed by atoms with Crippen LogP contribution in [0.5, 0.6) is 11.5 Å². The molecule has 3 rings (SSSR count). The largest absolute Gasteiger partial charge is 0.493 e. The van der Waals surface area contributed by atoms with E-state index in [1.165, 1.54) is 14.2 Å². The number of nitrogens with one attached hydrogen (secondary N) is 1. The quantitative estimate of drug-likeness (QED) is 0.766. The van der Waals surface area contributed by atoms with E-state index in [0.717, 1.165) is 25.7 Å². The highest BCUT2D eigenvalue weighted by Crippen LogP contribution is 2.35. The van der Waals surface area contributed by atoms with Crippen molar-refractivity contribution in [2.24, 2.45) is 5.73 Å². The molecule has 2 aliphatic rings. The van der Waals surface area contributed by atoms with Crippen LogP contribution in [0.2, 0.25) is 0 Å². The SMILES string of the molecule is COc1cc(NC(=O)[C@@H]2CC[C@H](CN)O2)c(C(=O)N2CCCCC2)cc1OC. The zero-order chi connectivity index (χ0) is 20.1. The second-order valence-electron chi connectivity index (χ2n) is 7.15. The Labute approximate surface area is 165 Å². The standard InChI is InChI=1S/C20H29N3O5/c1-26-17-10-14(20(25)23-8-4-3-5-9-23)15(11-18(17)27-2)22-19(24)16-7-6-13(12-21)28-16/h10-11,13,16H,3-9,12,21H2,1-2H3,(H,22,24)/t13-,16+/m1/s1. The van der Waals surface area contributed by atoms with Crippen LogP contribution >= 0.6 is 0 Å². The van der Waals surface area contributed by atoms with Gasteiger partial charge >= 0.3 is 0 Å². The molecule has 154 valence electrons. The lowest BCUT2D eigenvalue weighted by molar-refractivity contribution is -0.126. The number of ether oxygens (including phenoxy) is 3. The summed E-state index contributed by atoms with van der Waals surface area (Å²) in [6.07, 6.45) is 3.78. The molecule has 0 saturated carbocycles. The molecule has 2 aliphatic heterocycles. The molecular weight excluding hydrogens is 362 g/mol. The third kappa shape index (κ3) is 4.39. The molecule has 0 spiro atoms. The first kappa shape index (κ1) is 20.4. The van der Waals surface area contributed by atoms with E-state index in [1.54, 1.807) is 12.1 Å². The number of amides is 2. The van der Waals surface area contributed by atoms with Gasteiger partial charge in [0.2, 0.25) is 0 Å². The number of carbonyl (C=O) groups is 2. The fourth-order valence-electron chi connectivity index (χ4n) is 3.71. The lowest BCUT2D eigenvalue weighted by Gasteiger charge is -2.28. The van der Waals surface area contributed by atoms with Gasteiger partial charge in [-0.25, -0.2) is 0 Å². The van der Waals surface area contributed by atoms with Gasteiger partial charge in [-0.05, 0) is 38.2 Å². The summed E-state index contributed by atoms with van der Waals surface area (Å²) in [5.74, 6) is 0.486. The number of anilines is 1. The van der Waals surface area contributed by atoms with Crippen LogP contribution in [0.25, 0.3) is 0 Å². The van der Waals surface area contributed by atoms with Crippen LogP contribution in [0.4, 0.5) is 5.69 Å². The van der Waals surface area contributed by atoms with Gasteiger partial charge in [-0.15, -0.1) is 0 Å². The fraction of sp³-hybridized carbons (Fsp3) is 0.600. The third-order valence-electron chi connectivity index (χ3n) is 5.32. The lowest BCUT2D eigenvalue weighted by Crippen LogP contribution is -2.36. The minimum Gasteiger partial charge on any atom is -0.493 e.